The first-order chi connectivity index (χ1) is 7.99. The summed E-state index contributed by atoms with van der Waals surface area (Å²) >= 11 is 0. The molecular formula is C10H19NO5S. The molecule has 0 bridgehead atoms. The van der Waals surface area contributed by atoms with Crippen LogP contribution >= 0.6 is 0 Å². The summed E-state index contributed by atoms with van der Waals surface area (Å²) in [5.41, 5.74) is 0. The first kappa shape index (κ1) is 14.4. The Morgan fingerprint density at radius 2 is 2.00 bits per heavy atom. The van der Waals surface area contributed by atoms with Crippen molar-refractivity contribution in [3.05, 3.63) is 0 Å². The zero-order chi connectivity index (χ0) is 12.7. The largest absolute Gasteiger partial charge is 0.481 e. The Kier molecular flexibility index (Phi) is 5.87. The summed E-state index contributed by atoms with van der Waals surface area (Å²) in [5, 5.41) is 8.41. The average molecular weight is 265 g/mol. The molecule has 0 aromatic heterocycles. The Morgan fingerprint density at radius 1 is 1.35 bits per heavy atom. The molecule has 2 N–H and O–H groups in total. The second-order valence-electron chi connectivity index (χ2n) is 4.22. The maximum absolute atomic E-state index is 11.5. The smallest absolute Gasteiger partial charge is 0.303 e. The number of nitrogens with one attached hydrogen (secondary N) is 1. The fraction of sp³-hybridized carbons (Fsp3) is 0.900. The minimum Gasteiger partial charge on any atom is -0.481 e. The first-order valence-electron chi connectivity index (χ1n) is 5.76. The molecule has 0 radical (unpaired) electrons. The molecule has 100 valence electrons. The highest BCUT2D eigenvalue weighted by Crippen LogP contribution is 2.13. The van der Waals surface area contributed by atoms with E-state index in [0.29, 0.717) is 25.7 Å². The molecule has 0 amide bonds. The van der Waals surface area contributed by atoms with E-state index in [0.717, 1.165) is 12.8 Å². The van der Waals surface area contributed by atoms with E-state index in [2.05, 4.69) is 4.72 Å². The number of hydrogen-bond acceptors (Lipinski definition) is 4. The number of sulfonamides is 1. The molecule has 0 aromatic carbocycles. The van der Waals surface area contributed by atoms with E-state index in [1.54, 1.807) is 0 Å². The van der Waals surface area contributed by atoms with Crippen LogP contribution < -0.4 is 4.72 Å². The number of rotatable bonds is 7. The fourth-order valence-electron chi connectivity index (χ4n) is 1.68. The van der Waals surface area contributed by atoms with Crippen LogP contribution in [0.15, 0.2) is 0 Å². The molecule has 1 aliphatic heterocycles. The number of carbonyl (C=O) groups is 1. The Bertz CT molecular complexity index is 335. The van der Waals surface area contributed by atoms with E-state index >= 15 is 0 Å². The highest BCUT2D eigenvalue weighted by molar-refractivity contribution is 7.89. The van der Waals surface area contributed by atoms with Gasteiger partial charge in [0.05, 0.1) is 5.75 Å². The van der Waals surface area contributed by atoms with Crippen molar-refractivity contribution in [3.63, 3.8) is 0 Å². The van der Waals surface area contributed by atoms with Crippen molar-refractivity contribution in [3.8, 4) is 0 Å². The van der Waals surface area contributed by atoms with Crippen LogP contribution in [0.4, 0.5) is 0 Å². The molecule has 1 rings (SSSR count). The highest BCUT2D eigenvalue weighted by Gasteiger charge is 2.17. The highest BCUT2D eigenvalue weighted by atomic mass is 32.2. The molecule has 6 nitrogen and oxygen atoms in total. The molecule has 0 saturated carbocycles. The predicted molar refractivity (Wildman–Crippen MR) is 62.2 cm³/mol. The maximum Gasteiger partial charge on any atom is 0.303 e. The summed E-state index contributed by atoms with van der Waals surface area (Å²) in [6, 6.07) is 0. The standard InChI is InChI=1S/C10H19NO5S/c12-10(13)2-1-7-17(14,15)11-8-9-3-5-16-6-4-9/h9,11H,1-8H2,(H,12,13). The van der Waals surface area contributed by atoms with Gasteiger partial charge in [0.15, 0.2) is 0 Å². The van der Waals surface area contributed by atoms with Crippen LogP contribution in [0.2, 0.25) is 0 Å². The van der Waals surface area contributed by atoms with Crippen LogP contribution in [0.25, 0.3) is 0 Å². The van der Waals surface area contributed by atoms with Crippen LogP contribution in [0, 0.1) is 5.92 Å². The Hall–Kier alpha value is -0.660. The lowest BCUT2D eigenvalue weighted by Gasteiger charge is -2.22. The van der Waals surface area contributed by atoms with Gasteiger partial charge >= 0.3 is 5.97 Å². The van der Waals surface area contributed by atoms with Crippen molar-refractivity contribution in [2.45, 2.75) is 25.7 Å². The molecule has 0 unspecified atom stereocenters. The lowest BCUT2D eigenvalue weighted by molar-refractivity contribution is -0.137. The number of carboxylic acids is 1. The Balaban J connectivity index is 2.21. The molecule has 1 aliphatic rings. The summed E-state index contributed by atoms with van der Waals surface area (Å²) < 4.78 is 30.7. The summed E-state index contributed by atoms with van der Waals surface area (Å²) in [6.07, 6.45) is 1.78. The molecule has 7 heteroatoms. The van der Waals surface area contributed by atoms with E-state index in [9.17, 15) is 13.2 Å². The van der Waals surface area contributed by atoms with Crippen LogP contribution in [0.5, 0.6) is 0 Å². The third kappa shape index (κ3) is 6.60. The first-order valence-corrected chi connectivity index (χ1v) is 7.42. The molecule has 17 heavy (non-hydrogen) atoms. The van der Waals surface area contributed by atoms with Crippen molar-refractivity contribution < 1.29 is 23.1 Å². The van der Waals surface area contributed by atoms with Gasteiger partial charge in [0.1, 0.15) is 0 Å². The van der Waals surface area contributed by atoms with Gasteiger partial charge in [-0.1, -0.05) is 0 Å². The summed E-state index contributed by atoms with van der Waals surface area (Å²) in [4.78, 5) is 10.3. The van der Waals surface area contributed by atoms with Gasteiger partial charge in [-0.3, -0.25) is 4.79 Å². The molecule has 0 aromatic rings. The van der Waals surface area contributed by atoms with E-state index < -0.39 is 16.0 Å². The second-order valence-corrected chi connectivity index (χ2v) is 6.15. The van der Waals surface area contributed by atoms with Gasteiger partial charge in [0.25, 0.3) is 0 Å². The monoisotopic (exact) mass is 265 g/mol. The number of carboxylic acid groups (broad SMARTS) is 1. The van der Waals surface area contributed by atoms with Crippen LogP contribution in [0.3, 0.4) is 0 Å². The summed E-state index contributed by atoms with van der Waals surface area (Å²) in [5.74, 6) is -0.759. The van der Waals surface area contributed by atoms with E-state index in [1.807, 2.05) is 0 Å². The normalized spacial score (nSPS) is 18.1. The van der Waals surface area contributed by atoms with Crippen LogP contribution in [0.1, 0.15) is 25.7 Å². The molecular weight excluding hydrogens is 246 g/mol. The van der Waals surface area contributed by atoms with Gasteiger partial charge in [-0.2, -0.15) is 0 Å². The van der Waals surface area contributed by atoms with E-state index in [1.165, 1.54) is 0 Å². The van der Waals surface area contributed by atoms with Crippen molar-refractivity contribution in [1.82, 2.24) is 4.72 Å². The van der Waals surface area contributed by atoms with Gasteiger partial charge in [-0.15, -0.1) is 0 Å². The number of hydrogen-bond donors (Lipinski definition) is 2. The Labute approximate surface area is 101 Å². The lowest BCUT2D eigenvalue weighted by atomic mass is 10.0. The van der Waals surface area contributed by atoms with Crippen molar-refractivity contribution in [2.24, 2.45) is 5.92 Å². The van der Waals surface area contributed by atoms with Crippen molar-refractivity contribution in [1.29, 1.82) is 0 Å². The third-order valence-electron chi connectivity index (χ3n) is 2.74. The number of aliphatic carboxylic acids is 1. The Morgan fingerprint density at radius 3 is 2.59 bits per heavy atom. The van der Waals surface area contributed by atoms with Gasteiger partial charge in [0.2, 0.25) is 10.0 Å². The maximum atomic E-state index is 11.5. The van der Waals surface area contributed by atoms with Crippen molar-refractivity contribution >= 4 is 16.0 Å². The predicted octanol–water partition coefficient (Wildman–Crippen LogP) is 0.197. The van der Waals surface area contributed by atoms with E-state index in [4.69, 9.17) is 9.84 Å². The molecule has 1 saturated heterocycles. The quantitative estimate of drug-likeness (QED) is 0.686. The fourth-order valence-corrected chi connectivity index (χ4v) is 2.84. The molecule has 1 heterocycles. The zero-order valence-electron chi connectivity index (χ0n) is 9.72. The van der Waals surface area contributed by atoms with Gasteiger partial charge in [-0.05, 0) is 25.2 Å². The minimum atomic E-state index is -3.33. The minimum absolute atomic E-state index is 0.113. The molecule has 0 aliphatic carbocycles. The third-order valence-corrected chi connectivity index (χ3v) is 4.17. The summed E-state index contributed by atoms with van der Waals surface area (Å²) in [7, 11) is -3.33. The lowest BCUT2D eigenvalue weighted by Crippen LogP contribution is -2.33. The number of ether oxygens (including phenoxy) is 1. The molecule has 1 fully saturated rings. The van der Waals surface area contributed by atoms with Crippen LogP contribution in [-0.2, 0) is 19.6 Å². The van der Waals surface area contributed by atoms with Crippen molar-refractivity contribution in [2.75, 3.05) is 25.5 Å². The van der Waals surface area contributed by atoms with E-state index in [-0.39, 0.29) is 18.6 Å². The van der Waals surface area contributed by atoms with Crippen LogP contribution in [-0.4, -0.2) is 45.0 Å². The summed E-state index contributed by atoms with van der Waals surface area (Å²) in [6.45, 7) is 1.80. The second kappa shape index (κ2) is 6.93. The van der Waals surface area contributed by atoms with Gasteiger partial charge in [-0.25, -0.2) is 13.1 Å². The van der Waals surface area contributed by atoms with Gasteiger partial charge in [0, 0.05) is 26.2 Å². The SMILES string of the molecule is O=C(O)CCCS(=O)(=O)NCC1CCOCC1. The average Bonchev–Trinajstić information content (AvgIpc) is 2.27. The zero-order valence-corrected chi connectivity index (χ0v) is 10.5. The molecule has 0 spiro atoms. The van der Waals surface area contributed by atoms with Gasteiger partial charge < -0.3 is 9.84 Å². The topological polar surface area (TPSA) is 92.7 Å². The molecule has 0 atom stereocenters.